The molecule has 0 fully saturated rings. The van der Waals surface area contributed by atoms with Gasteiger partial charge in [0.25, 0.3) is 11.8 Å². The average molecular weight is 648 g/mol. The molecule has 228 valence electrons. The van der Waals surface area contributed by atoms with Crippen LogP contribution in [-0.4, -0.2) is 17.6 Å². The van der Waals surface area contributed by atoms with Crippen molar-refractivity contribution in [2.45, 2.75) is 6.61 Å². The van der Waals surface area contributed by atoms with E-state index in [1.54, 1.807) is 78.9 Å². The Morgan fingerprint density at radius 3 is 2.07 bits per heavy atom. The fraction of sp³-hybridized carbons (Fsp3) is 0.0263. The highest BCUT2D eigenvalue weighted by Gasteiger charge is 2.16. The summed E-state index contributed by atoms with van der Waals surface area (Å²) in [4.78, 5) is 39.1. The van der Waals surface area contributed by atoms with Crippen LogP contribution in [0.25, 0.3) is 12.2 Å². The monoisotopic (exact) mass is 646 g/mol. The highest BCUT2D eigenvalue weighted by molar-refractivity contribution is 6.43. The fourth-order valence-corrected chi connectivity index (χ4v) is 4.69. The lowest BCUT2D eigenvalue weighted by Gasteiger charge is -2.12. The minimum absolute atomic E-state index is 0.0439. The van der Waals surface area contributed by atoms with Gasteiger partial charge in [0.05, 0.1) is 10.0 Å². The molecule has 5 aromatic carbocycles. The van der Waals surface area contributed by atoms with Gasteiger partial charge >= 0.3 is 0 Å². The van der Waals surface area contributed by atoms with E-state index >= 15 is 0 Å². The average Bonchev–Trinajstić information content (AvgIpc) is 3.09. The molecule has 0 aromatic heterocycles. The number of nitrogens with one attached hydrogen (secondary N) is 2. The molecule has 46 heavy (non-hydrogen) atoms. The number of halogens is 2. The largest absolute Gasteiger partial charge is 0.489 e. The molecule has 0 bridgehead atoms. The molecular formula is C38H28Cl2N2O4. The van der Waals surface area contributed by atoms with Gasteiger partial charge in [-0.05, 0) is 83.4 Å². The fourth-order valence-electron chi connectivity index (χ4n) is 4.33. The van der Waals surface area contributed by atoms with Gasteiger partial charge < -0.3 is 15.4 Å². The van der Waals surface area contributed by atoms with Crippen LogP contribution in [0.2, 0.25) is 10.0 Å². The summed E-state index contributed by atoms with van der Waals surface area (Å²) in [7, 11) is 0. The molecule has 0 atom stereocenters. The van der Waals surface area contributed by atoms with E-state index in [0.29, 0.717) is 34.0 Å². The third-order valence-corrected chi connectivity index (χ3v) is 7.63. The molecule has 0 aliphatic rings. The Morgan fingerprint density at radius 1 is 0.696 bits per heavy atom. The van der Waals surface area contributed by atoms with Crippen molar-refractivity contribution in [1.82, 2.24) is 5.32 Å². The number of benzene rings is 5. The summed E-state index contributed by atoms with van der Waals surface area (Å²) < 4.78 is 5.82. The van der Waals surface area contributed by atoms with Gasteiger partial charge in [-0.25, -0.2) is 0 Å². The quantitative estimate of drug-likeness (QED) is 0.111. The van der Waals surface area contributed by atoms with Gasteiger partial charge in [0, 0.05) is 16.8 Å². The number of hydrogen-bond donors (Lipinski definition) is 2. The Morgan fingerprint density at radius 2 is 1.37 bits per heavy atom. The van der Waals surface area contributed by atoms with Gasteiger partial charge in [-0.15, -0.1) is 0 Å². The first-order valence-corrected chi connectivity index (χ1v) is 15.0. The number of anilines is 1. The zero-order chi connectivity index (χ0) is 32.3. The van der Waals surface area contributed by atoms with Crippen molar-refractivity contribution < 1.29 is 19.1 Å². The summed E-state index contributed by atoms with van der Waals surface area (Å²) in [6.45, 7) is 0.473. The van der Waals surface area contributed by atoms with Gasteiger partial charge in [0.15, 0.2) is 5.78 Å². The van der Waals surface area contributed by atoms with Crippen LogP contribution in [0.15, 0.2) is 139 Å². The number of allylic oxidation sites excluding steroid dienone is 1. The van der Waals surface area contributed by atoms with Crippen LogP contribution in [0, 0.1) is 0 Å². The summed E-state index contributed by atoms with van der Waals surface area (Å²) in [5.41, 5.74) is 3.58. The number of hydrogen-bond acceptors (Lipinski definition) is 4. The highest BCUT2D eigenvalue weighted by Crippen LogP contribution is 2.27. The van der Waals surface area contributed by atoms with Crippen molar-refractivity contribution in [2.75, 3.05) is 5.32 Å². The summed E-state index contributed by atoms with van der Waals surface area (Å²) >= 11 is 12.5. The van der Waals surface area contributed by atoms with Gasteiger partial charge in [-0.3, -0.25) is 14.4 Å². The van der Waals surface area contributed by atoms with E-state index in [9.17, 15) is 14.4 Å². The zero-order valence-corrected chi connectivity index (χ0v) is 26.0. The topological polar surface area (TPSA) is 84.5 Å². The Bertz CT molecular complexity index is 1890. The number of carbonyl (C=O) groups excluding carboxylic acids is 3. The minimum atomic E-state index is -0.588. The van der Waals surface area contributed by atoms with Gasteiger partial charge in [0.1, 0.15) is 18.1 Å². The van der Waals surface area contributed by atoms with Crippen LogP contribution < -0.4 is 15.4 Å². The number of ether oxygens (including phenoxy) is 1. The van der Waals surface area contributed by atoms with E-state index in [0.717, 1.165) is 16.9 Å². The summed E-state index contributed by atoms with van der Waals surface area (Å²) in [5.74, 6) is -0.524. The smallest absolute Gasteiger partial charge is 0.272 e. The molecule has 5 aromatic rings. The van der Waals surface area contributed by atoms with Crippen molar-refractivity contribution in [3.8, 4) is 5.75 Å². The molecule has 0 saturated heterocycles. The first kappa shape index (κ1) is 32.0. The second-order valence-electron chi connectivity index (χ2n) is 10.1. The lowest BCUT2D eigenvalue weighted by atomic mass is 10.1. The lowest BCUT2D eigenvalue weighted by molar-refractivity contribution is -0.113. The lowest BCUT2D eigenvalue weighted by Crippen LogP contribution is -2.30. The summed E-state index contributed by atoms with van der Waals surface area (Å²) in [6, 6.07) is 37.3. The standard InChI is InChI=1S/C38H28Cl2N2O4/c39-33-13-7-12-30(36(33)40)24-34(42-37(44)29-10-5-2-6-11-29)38(45)41-31-19-17-28(18-20-31)35(43)23-16-26-14-21-32(22-15-26)46-25-27-8-3-1-4-9-27/h1-24H,25H2,(H,41,45)(H,42,44)/b23-16+,34-24-. The predicted molar refractivity (Wildman–Crippen MR) is 184 cm³/mol. The number of rotatable bonds is 11. The van der Waals surface area contributed by atoms with Crippen molar-refractivity contribution in [3.63, 3.8) is 0 Å². The van der Waals surface area contributed by atoms with Gasteiger partial charge in [-0.2, -0.15) is 0 Å². The Kier molecular flexibility index (Phi) is 10.8. The van der Waals surface area contributed by atoms with Crippen LogP contribution in [-0.2, 0) is 11.4 Å². The van der Waals surface area contributed by atoms with E-state index in [-0.39, 0.29) is 16.5 Å². The third kappa shape index (κ3) is 8.82. The van der Waals surface area contributed by atoms with E-state index in [1.165, 1.54) is 12.2 Å². The van der Waals surface area contributed by atoms with E-state index < -0.39 is 11.8 Å². The van der Waals surface area contributed by atoms with E-state index in [2.05, 4.69) is 10.6 Å². The van der Waals surface area contributed by atoms with Crippen molar-refractivity contribution in [1.29, 1.82) is 0 Å². The first-order chi connectivity index (χ1) is 22.4. The Balaban J connectivity index is 1.23. The van der Waals surface area contributed by atoms with Crippen LogP contribution >= 0.6 is 23.2 Å². The molecule has 0 spiro atoms. The SMILES string of the molecule is O=C(Nc1ccc(C(=O)/C=C/c2ccc(OCc3ccccc3)cc2)cc1)/C(=C/c1cccc(Cl)c1Cl)NC(=O)c1ccccc1. The van der Waals surface area contributed by atoms with E-state index in [1.807, 2.05) is 54.6 Å². The van der Waals surface area contributed by atoms with E-state index in [4.69, 9.17) is 27.9 Å². The second kappa shape index (κ2) is 15.5. The molecule has 0 aliphatic carbocycles. The van der Waals surface area contributed by atoms with Crippen molar-refractivity contribution >= 4 is 58.6 Å². The number of ketones is 1. The van der Waals surface area contributed by atoms with Crippen LogP contribution in [0.1, 0.15) is 37.4 Å². The second-order valence-corrected chi connectivity index (χ2v) is 10.9. The van der Waals surface area contributed by atoms with Crippen LogP contribution in [0.5, 0.6) is 5.75 Å². The molecule has 0 aliphatic heterocycles. The zero-order valence-electron chi connectivity index (χ0n) is 24.5. The van der Waals surface area contributed by atoms with Crippen LogP contribution in [0.4, 0.5) is 5.69 Å². The normalized spacial score (nSPS) is 11.2. The maximum Gasteiger partial charge on any atom is 0.272 e. The van der Waals surface area contributed by atoms with Crippen molar-refractivity contribution in [3.05, 3.63) is 177 Å². The Hall–Kier alpha value is -5.43. The first-order valence-electron chi connectivity index (χ1n) is 14.3. The maximum absolute atomic E-state index is 13.3. The highest BCUT2D eigenvalue weighted by atomic mass is 35.5. The molecule has 8 heteroatoms. The Labute approximate surface area is 277 Å². The molecule has 2 amide bonds. The summed E-state index contributed by atoms with van der Waals surface area (Å²) in [5, 5.41) is 5.98. The van der Waals surface area contributed by atoms with Crippen molar-refractivity contribution in [2.24, 2.45) is 0 Å². The molecule has 0 unspecified atom stereocenters. The minimum Gasteiger partial charge on any atom is -0.489 e. The van der Waals surface area contributed by atoms with Gasteiger partial charge in [0.2, 0.25) is 0 Å². The predicted octanol–water partition coefficient (Wildman–Crippen LogP) is 8.88. The molecule has 0 heterocycles. The molecule has 5 rings (SSSR count). The van der Waals surface area contributed by atoms with Crippen LogP contribution in [0.3, 0.4) is 0 Å². The number of carbonyl (C=O) groups is 3. The molecular weight excluding hydrogens is 619 g/mol. The molecule has 2 N–H and O–H groups in total. The maximum atomic E-state index is 13.3. The molecule has 0 radical (unpaired) electrons. The van der Waals surface area contributed by atoms with Gasteiger partial charge in [-0.1, -0.05) is 102 Å². The molecule has 0 saturated carbocycles. The number of amides is 2. The summed E-state index contributed by atoms with van der Waals surface area (Å²) in [6.07, 6.45) is 4.67. The molecule has 6 nitrogen and oxygen atoms in total. The third-order valence-electron chi connectivity index (χ3n) is 6.79.